The number of hydrogen-bond acceptors (Lipinski definition) is 5. The van der Waals surface area contributed by atoms with Crippen molar-refractivity contribution in [1.82, 2.24) is 9.80 Å². The van der Waals surface area contributed by atoms with Crippen LogP contribution in [-0.4, -0.2) is 66.6 Å². The maximum atomic E-state index is 12.9. The molecule has 0 aromatic heterocycles. The summed E-state index contributed by atoms with van der Waals surface area (Å²) in [7, 11) is 0. The van der Waals surface area contributed by atoms with Crippen LogP contribution in [0.3, 0.4) is 0 Å². The number of nitrogens with one attached hydrogen (secondary N) is 1. The molecule has 0 unspecified atom stereocenters. The first-order valence-electron chi connectivity index (χ1n) is 9.60. The van der Waals surface area contributed by atoms with Crippen LogP contribution in [0.2, 0.25) is 0 Å². The maximum absolute atomic E-state index is 12.9. The number of carbonyl (C=O) groups excluding carboxylic acids is 1. The van der Waals surface area contributed by atoms with Crippen LogP contribution < -0.4 is 5.32 Å². The zero-order chi connectivity index (χ0) is 18.6. The third-order valence-electron chi connectivity index (χ3n) is 5.33. The molecule has 1 aliphatic carbocycles. The largest absolute Gasteiger partial charge is 0.395 e. The van der Waals surface area contributed by atoms with Crippen LogP contribution in [0.25, 0.3) is 0 Å². The minimum Gasteiger partial charge on any atom is -0.395 e. The highest BCUT2D eigenvalue weighted by molar-refractivity contribution is 5.98. The topological polar surface area (TPSA) is 55.8 Å². The predicted octanol–water partition coefficient (Wildman–Crippen LogP) is 2.77. The van der Waals surface area contributed by atoms with E-state index in [4.69, 9.17) is 5.11 Å². The Morgan fingerprint density at radius 3 is 2.30 bits per heavy atom. The Morgan fingerprint density at radius 1 is 1.04 bits per heavy atom. The van der Waals surface area contributed by atoms with E-state index < -0.39 is 0 Å². The number of halogens is 1. The zero-order valence-corrected chi connectivity index (χ0v) is 17.2. The molecule has 0 spiro atoms. The molecule has 6 heteroatoms. The fourth-order valence-corrected chi connectivity index (χ4v) is 3.89. The molecule has 1 aromatic carbocycles. The number of para-hydroxylation sites is 1. The van der Waals surface area contributed by atoms with Gasteiger partial charge in [0.15, 0.2) is 5.78 Å². The van der Waals surface area contributed by atoms with Gasteiger partial charge in [-0.2, -0.15) is 0 Å². The van der Waals surface area contributed by atoms with Crippen LogP contribution in [-0.2, 0) is 4.79 Å². The summed E-state index contributed by atoms with van der Waals surface area (Å²) in [6, 6.07) is 10.1. The van der Waals surface area contributed by atoms with Gasteiger partial charge < -0.3 is 10.4 Å². The van der Waals surface area contributed by atoms with Crippen molar-refractivity contribution in [2.24, 2.45) is 5.41 Å². The lowest BCUT2D eigenvalue weighted by molar-refractivity contribution is -0.118. The van der Waals surface area contributed by atoms with Gasteiger partial charge in [-0.25, -0.2) is 0 Å². The van der Waals surface area contributed by atoms with E-state index in [9.17, 15) is 4.79 Å². The number of carbonyl (C=O) groups is 1. The van der Waals surface area contributed by atoms with Crippen molar-refractivity contribution < 1.29 is 9.90 Å². The lowest BCUT2D eigenvalue weighted by Gasteiger charge is -2.37. The van der Waals surface area contributed by atoms with Crippen molar-refractivity contribution in [1.29, 1.82) is 0 Å². The molecule has 1 heterocycles. The van der Waals surface area contributed by atoms with Gasteiger partial charge in [0.2, 0.25) is 0 Å². The second-order valence-electron chi connectivity index (χ2n) is 8.23. The average molecular weight is 394 g/mol. The Balaban J connectivity index is 0.00000261. The molecule has 1 aromatic rings. The first-order chi connectivity index (χ1) is 12.5. The molecule has 0 saturated carbocycles. The monoisotopic (exact) mass is 393 g/mol. The molecular formula is C21H32ClN3O2. The van der Waals surface area contributed by atoms with Crippen LogP contribution in [0, 0.1) is 5.41 Å². The van der Waals surface area contributed by atoms with Gasteiger partial charge in [0, 0.05) is 62.6 Å². The van der Waals surface area contributed by atoms with Gasteiger partial charge in [0.05, 0.1) is 6.61 Å². The number of ketones is 1. The molecular weight excluding hydrogens is 362 g/mol. The summed E-state index contributed by atoms with van der Waals surface area (Å²) in [5, 5.41) is 12.6. The Morgan fingerprint density at radius 2 is 1.67 bits per heavy atom. The van der Waals surface area contributed by atoms with Crippen molar-refractivity contribution >= 4 is 23.9 Å². The van der Waals surface area contributed by atoms with E-state index in [0.29, 0.717) is 6.42 Å². The van der Waals surface area contributed by atoms with Gasteiger partial charge in [0.1, 0.15) is 0 Å². The molecule has 2 N–H and O–H groups in total. The number of nitrogens with zero attached hydrogens (tertiary/aromatic N) is 2. The minimum atomic E-state index is -0.00246. The Hall–Kier alpha value is -1.40. The van der Waals surface area contributed by atoms with Gasteiger partial charge in [0.25, 0.3) is 0 Å². The van der Waals surface area contributed by atoms with E-state index in [2.05, 4.69) is 29.0 Å². The minimum absolute atomic E-state index is 0. The van der Waals surface area contributed by atoms with Crippen molar-refractivity contribution in [3.63, 3.8) is 0 Å². The normalized spacial score (nSPS) is 21.1. The van der Waals surface area contributed by atoms with E-state index in [1.807, 2.05) is 30.3 Å². The van der Waals surface area contributed by atoms with Crippen LogP contribution in [0.15, 0.2) is 41.6 Å². The molecule has 0 bridgehead atoms. The highest BCUT2D eigenvalue weighted by Gasteiger charge is 2.34. The van der Waals surface area contributed by atoms with Crippen LogP contribution in [0.5, 0.6) is 0 Å². The average Bonchev–Trinajstić information content (AvgIpc) is 2.60. The molecule has 3 rings (SSSR count). The maximum Gasteiger partial charge on any atom is 0.162 e. The first kappa shape index (κ1) is 21.9. The van der Waals surface area contributed by atoms with Gasteiger partial charge in [-0.3, -0.25) is 14.6 Å². The molecule has 27 heavy (non-hydrogen) atoms. The highest BCUT2D eigenvalue weighted by Crippen LogP contribution is 2.37. The third kappa shape index (κ3) is 6.04. The third-order valence-corrected chi connectivity index (χ3v) is 5.33. The quantitative estimate of drug-likeness (QED) is 0.778. The summed E-state index contributed by atoms with van der Waals surface area (Å²) in [4.78, 5) is 17.5. The number of aliphatic hydroxyl groups excluding tert-OH is 1. The number of allylic oxidation sites excluding steroid dienone is 1. The molecule has 1 fully saturated rings. The summed E-state index contributed by atoms with van der Waals surface area (Å²) >= 11 is 0. The zero-order valence-electron chi connectivity index (χ0n) is 16.4. The predicted molar refractivity (Wildman–Crippen MR) is 112 cm³/mol. The van der Waals surface area contributed by atoms with E-state index in [-0.39, 0.29) is 30.2 Å². The van der Waals surface area contributed by atoms with E-state index >= 15 is 0 Å². The number of anilines is 1. The summed E-state index contributed by atoms with van der Waals surface area (Å²) in [5.41, 5.74) is 3.06. The Kier molecular flexibility index (Phi) is 7.86. The fourth-order valence-electron chi connectivity index (χ4n) is 3.89. The smallest absolute Gasteiger partial charge is 0.162 e. The Bertz CT molecular complexity index is 653. The number of Topliss-reactive ketones (excluding diaryl/α,β-unsaturated/α-hetero) is 1. The van der Waals surface area contributed by atoms with Gasteiger partial charge in [-0.1, -0.05) is 32.0 Å². The lowest BCUT2D eigenvalue weighted by atomic mass is 9.75. The highest BCUT2D eigenvalue weighted by atomic mass is 35.5. The molecule has 1 aliphatic heterocycles. The summed E-state index contributed by atoms with van der Waals surface area (Å²) in [6.07, 6.45) is 1.51. The number of hydrogen-bond donors (Lipinski definition) is 2. The summed E-state index contributed by atoms with van der Waals surface area (Å²) < 4.78 is 0. The van der Waals surface area contributed by atoms with Crippen LogP contribution in [0.4, 0.5) is 5.69 Å². The number of β-amino-alcohol motifs (C(OH)–C–C–N with tert-alkyl or cyclic N) is 1. The standard InChI is InChI=1S/C21H31N3O2.ClH/c1-21(2)14-19(22-17-6-4-3-5-7-17)18(20(26)15-21)16-24-10-8-23(9-11-24)12-13-25;/h3-7,22,25H,8-16H2,1-2H3;1H. The second-order valence-corrected chi connectivity index (χ2v) is 8.23. The lowest BCUT2D eigenvalue weighted by Crippen LogP contribution is -2.48. The van der Waals surface area contributed by atoms with Crippen LogP contribution in [0.1, 0.15) is 26.7 Å². The molecule has 0 radical (unpaired) electrons. The van der Waals surface area contributed by atoms with E-state index in [0.717, 1.165) is 62.6 Å². The molecule has 150 valence electrons. The first-order valence-corrected chi connectivity index (χ1v) is 9.60. The Labute approximate surface area is 168 Å². The van der Waals surface area contributed by atoms with Crippen molar-refractivity contribution in [2.75, 3.05) is 51.2 Å². The van der Waals surface area contributed by atoms with E-state index in [1.54, 1.807) is 0 Å². The fraction of sp³-hybridized carbons (Fsp3) is 0.571. The van der Waals surface area contributed by atoms with E-state index in [1.165, 1.54) is 0 Å². The molecule has 2 aliphatic rings. The molecule has 1 saturated heterocycles. The summed E-state index contributed by atoms with van der Waals surface area (Å²) in [5.74, 6) is 0.275. The molecule has 0 atom stereocenters. The van der Waals surface area contributed by atoms with Crippen molar-refractivity contribution in [3.8, 4) is 0 Å². The van der Waals surface area contributed by atoms with Crippen LogP contribution >= 0.6 is 12.4 Å². The summed E-state index contributed by atoms with van der Waals surface area (Å²) in [6.45, 7) is 9.80. The van der Waals surface area contributed by atoms with Crippen molar-refractivity contribution in [3.05, 3.63) is 41.6 Å². The second kappa shape index (κ2) is 9.69. The molecule has 0 amide bonds. The van der Waals surface area contributed by atoms with Crippen molar-refractivity contribution in [2.45, 2.75) is 26.7 Å². The van der Waals surface area contributed by atoms with Gasteiger partial charge in [-0.15, -0.1) is 12.4 Å². The number of benzene rings is 1. The molecule has 5 nitrogen and oxygen atoms in total. The number of aliphatic hydroxyl groups is 1. The SMILES string of the molecule is CC1(C)CC(=O)C(CN2CCN(CCO)CC2)=C(Nc2ccccc2)C1.Cl. The van der Waals surface area contributed by atoms with Gasteiger partial charge in [-0.05, 0) is 24.0 Å². The number of rotatable bonds is 6. The number of piperazine rings is 1. The van der Waals surface area contributed by atoms with Gasteiger partial charge >= 0.3 is 0 Å².